The molecule has 0 bridgehead atoms. The number of hydrogen-bond acceptors (Lipinski definition) is 7. The van der Waals surface area contributed by atoms with Gasteiger partial charge >= 0.3 is 5.69 Å². The number of rotatable bonds is 2. The van der Waals surface area contributed by atoms with Gasteiger partial charge in [-0.05, 0) is 19.9 Å². The predicted molar refractivity (Wildman–Crippen MR) is 79.9 cm³/mol. The number of alkyl halides is 1. The number of nitrogens with two attached hydrogens (primary N) is 2. The van der Waals surface area contributed by atoms with Gasteiger partial charge in [0.05, 0.1) is 6.10 Å². The quantitative estimate of drug-likeness (QED) is 0.483. The molecule has 23 heavy (non-hydrogen) atoms. The lowest BCUT2D eigenvalue weighted by atomic mass is 9.90. The fraction of sp³-hybridized carbons (Fsp3) is 0.571. The van der Waals surface area contributed by atoms with Gasteiger partial charge < -0.3 is 26.4 Å². The van der Waals surface area contributed by atoms with Crippen molar-refractivity contribution >= 4 is 5.82 Å². The number of halogens is 1. The van der Waals surface area contributed by atoms with Crippen molar-refractivity contribution in [1.29, 1.82) is 0 Å². The van der Waals surface area contributed by atoms with E-state index in [1.807, 2.05) is 0 Å². The molecule has 1 aromatic rings. The van der Waals surface area contributed by atoms with Crippen LogP contribution in [0.25, 0.3) is 0 Å². The Balaban J connectivity index is 2.61. The molecule has 6 N–H and O–H groups in total. The first-order chi connectivity index (χ1) is 10.7. The minimum absolute atomic E-state index is 0.0202. The maximum atomic E-state index is 12.4. The van der Waals surface area contributed by atoms with Crippen LogP contribution in [0.15, 0.2) is 10.9 Å². The highest BCUT2D eigenvalue weighted by atomic mass is 19.1. The van der Waals surface area contributed by atoms with Crippen LogP contribution < -0.4 is 17.2 Å². The van der Waals surface area contributed by atoms with Crippen LogP contribution in [-0.2, 0) is 4.74 Å². The zero-order valence-electron chi connectivity index (χ0n) is 12.7. The zero-order chi connectivity index (χ0) is 17.4. The third-order valence-electron chi connectivity index (χ3n) is 3.74. The van der Waals surface area contributed by atoms with Gasteiger partial charge in [0.1, 0.15) is 24.7 Å². The lowest BCUT2D eigenvalue weighted by molar-refractivity contribution is -0.0783. The largest absolute Gasteiger partial charge is 0.391 e. The summed E-state index contributed by atoms with van der Waals surface area (Å²) in [6, 6.07) is 1.43. The SMILES string of the molecule is Cc1cc(N)nc(=O)n1[C@@H]1O[C@H]([C@H](C)O)[C@H](O)C1(N)C#CCF. The number of nitrogen functional groups attached to an aromatic ring is 1. The van der Waals surface area contributed by atoms with Crippen LogP contribution >= 0.6 is 0 Å². The highest BCUT2D eigenvalue weighted by Crippen LogP contribution is 2.37. The number of aliphatic hydroxyl groups is 2. The van der Waals surface area contributed by atoms with Crippen molar-refractivity contribution in [3.8, 4) is 11.8 Å². The first-order valence-electron chi connectivity index (χ1n) is 6.94. The molecule has 1 aliphatic rings. The molecule has 1 unspecified atom stereocenters. The van der Waals surface area contributed by atoms with Crippen LogP contribution in [-0.4, -0.2) is 50.3 Å². The zero-order valence-corrected chi connectivity index (χ0v) is 12.7. The number of hydrogen-bond donors (Lipinski definition) is 4. The van der Waals surface area contributed by atoms with Crippen LogP contribution in [0.2, 0.25) is 0 Å². The first-order valence-corrected chi connectivity index (χ1v) is 6.94. The van der Waals surface area contributed by atoms with Crippen molar-refractivity contribution in [2.45, 2.75) is 43.9 Å². The molecule has 0 aromatic carbocycles. The lowest BCUT2D eigenvalue weighted by Gasteiger charge is -2.29. The van der Waals surface area contributed by atoms with Crippen LogP contribution in [0.5, 0.6) is 0 Å². The van der Waals surface area contributed by atoms with Crippen molar-refractivity contribution < 1.29 is 19.3 Å². The third-order valence-corrected chi connectivity index (χ3v) is 3.74. The summed E-state index contributed by atoms with van der Waals surface area (Å²) < 4.78 is 19.1. The summed E-state index contributed by atoms with van der Waals surface area (Å²) in [5.41, 5.74) is 9.48. The summed E-state index contributed by atoms with van der Waals surface area (Å²) in [5, 5.41) is 20.1. The smallest absolute Gasteiger partial charge is 0.351 e. The molecule has 5 atom stereocenters. The van der Waals surface area contributed by atoms with E-state index < -0.39 is 42.4 Å². The number of aromatic nitrogens is 2. The van der Waals surface area contributed by atoms with E-state index in [4.69, 9.17) is 16.2 Å². The fourth-order valence-corrected chi connectivity index (χ4v) is 2.64. The van der Waals surface area contributed by atoms with Gasteiger partial charge in [-0.15, -0.1) is 0 Å². The Hall–Kier alpha value is -1.99. The Labute approximate surface area is 131 Å². The van der Waals surface area contributed by atoms with E-state index >= 15 is 0 Å². The van der Waals surface area contributed by atoms with Crippen LogP contribution in [0.1, 0.15) is 18.8 Å². The molecule has 1 fully saturated rings. The van der Waals surface area contributed by atoms with Crippen molar-refractivity contribution in [3.63, 3.8) is 0 Å². The van der Waals surface area contributed by atoms with E-state index in [9.17, 15) is 19.4 Å². The molecule has 0 aliphatic carbocycles. The van der Waals surface area contributed by atoms with Gasteiger partial charge in [-0.2, -0.15) is 4.98 Å². The van der Waals surface area contributed by atoms with E-state index in [2.05, 4.69) is 16.8 Å². The van der Waals surface area contributed by atoms with Crippen molar-refractivity contribution in [3.05, 3.63) is 22.2 Å². The summed E-state index contributed by atoms with van der Waals surface area (Å²) in [7, 11) is 0. The maximum Gasteiger partial charge on any atom is 0.351 e. The normalized spacial score (nSPS) is 31.5. The first kappa shape index (κ1) is 17.4. The Morgan fingerprint density at radius 1 is 1.65 bits per heavy atom. The van der Waals surface area contributed by atoms with E-state index in [0.717, 1.165) is 4.57 Å². The monoisotopic (exact) mass is 326 g/mol. The minimum atomic E-state index is -1.79. The predicted octanol–water partition coefficient (Wildman–Crippen LogP) is -1.56. The van der Waals surface area contributed by atoms with Gasteiger partial charge in [0.25, 0.3) is 0 Å². The molecule has 126 valence electrons. The Kier molecular flexibility index (Phi) is 4.72. The summed E-state index contributed by atoms with van der Waals surface area (Å²) in [6.45, 7) is 2.00. The van der Waals surface area contributed by atoms with E-state index in [0.29, 0.717) is 5.69 Å². The van der Waals surface area contributed by atoms with E-state index in [-0.39, 0.29) is 5.82 Å². The minimum Gasteiger partial charge on any atom is -0.391 e. The molecular weight excluding hydrogens is 307 g/mol. The van der Waals surface area contributed by atoms with Crippen molar-refractivity contribution in [2.75, 3.05) is 12.4 Å². The van der Waals surface area contributed by atoms with Gasteiger partial charge in [-0.25, -0.2) is 9.18 Å². The third kappa shape index (κ3) is 2.94. The van der Waals surface area contributed by atoms with Crippen molar-refractivity contribution in [2.24, 2.45) is 5.73 Å². The molecule has 1 saturated heterocycles. The topological polar surface area (TPSA) is 137 Å². The number of ether oxygens (including phenoxy) is 1. The number of aryl methyl sites for hydroxylation is 1. The highest BCUT2D eigenvalue weighted by molar-refractivity contribution is 5.31. The molecule has 2 rings (SSSR count). The molecule has 2 heterocycles. The average molecular weight is 326 g/mol. The van der Waals surface area contributed by atoms with Gasteiger partial charge in [0.15, 0.2) is 11.8 Å². The number of anilines is 1. The van der Waals surface area contributed by atoms with Gasteiger partial charge in [-0.1, -0.05) is 11.8 Å². The van der Waals surface area contributed by atoms with Gasteiger partial charge in [0.2, 0.25) is 0 Å². The molecule has 8 nitrogen and oxygen atoms in total. The standard InChI is InChI=1S/C14H19FN4O4/c1-7-6-9(16)18-13(22)19(7)12-14(17,4-3-5-15)11(21)10(23-12)8(2)20/h6,8,10-12,20-21H,5,17H2,1-2H3,(H2,16,18,22)/t8-,10+,11-,12+,14?/m0/s1. The van der Waals surface area contributed by atoms with Crippen molar-refractivity contribution in [1.82, 2.24) is 9.55 Å². The van der Waals surface area contributed by atoms with Gasteiger partial charge in [-0.3, -0.25) is 4.57 Å². The summed E-state index contributed by atoms with van der Waals surface area (Å²) in [6.07, 6.45) is -4.86. The summed E-state index contributed by atoms with van der Waals surface area (Å²) in [5.74, 6) is 4.57. The van der Waals surface area contributed by atoms with E-state index in [1.54, 1.807) is 6.92 Å². The molecule has 0 spiro atoms. The fourth-order valence-electron chi connectivity index (χ4n) is 2.64. The molecule has 1 aliphatic heterocycles. The van der Waals surface area contributed by atoms with Gasteiger partial charge in [0, 0.05) is 5.69 Å². The summed E-state index contributed by atoms with van der Waals surface area (Å²) in [4.78, 5) is 15.8. The molecular formula is C14H19FN4O4. The maximum absolute atomic E-state index is 12.4. The Morgan fingerprint density at radius 3 is 2.83 bits per heavy atom. The second-order valence-corrected chi connectivity index (χ2v) is 5.48. The summed E-state index contributed by atoms with van der Waals surface area (Å²) >= 11 is 0. The average Bonchev–Trinajstić information content (AvgIpc) is 2.70. The van der Waals surface area contributed by atoms with Crippen LogP contribution in [0.4, 0.5) is 10.2 Å². The lowest BCUT2D eigenvalue weighted by Crippen LogP contribution is -2.55. The van der Waals surface area contributed by atoms with Crippen LogP contribution in [0.3, 0.4) is 0 Å². The number of aliphatic hydroxyl groups excluding tert-OH is 2. The molecule has 0 amide bonds. The second-order valence-electron chi connectivity index (χ2n) is 5.48. The Bertz CT molecular complexity index is 711. The molecule has 0 radical (unpaired) electrons. The second kappa shape index (κ2) is 6.25. The molecule has 9 heteroatoms. The van der Waals surface area contributed by atoms with E-state index in [1.165, 1.54) is 13.0 Å². The van der Waals surface area contributed by atoms with Crippen LogP contribution in [0, 0.1) is 18.8 Å². The highest BCUT2D eigenvalue weighted by Gasteiger charge is 2.56. The number of nitrogens with zero attached hydrogens (tertiary/aromatic N) is 2. The Morgan fingerprint density at radius 2 is 2.30 bits per heavy atom. The molecule has 1 aromatic heterocycles. The molecule has 0 saturated carbocycles.